The molecule has 0 saturated heterocycles. The van der Waals surface area contributed by atoms with Gasteiger partial charge in [0.15, 0.2) is 11.6 Å². The molecule has 0 aliphatic rings. The standard InChI is InChI=1S/C54H31N5/c1-3-14-40-37(10-1)30-38-11-2-4-15-41(38)50(40)53-55-31-47(57-58-53)59-52-46-19-8-6-17-43(46)42-16-5-7-18-45(42)51(52)56-54(59)36-24-20-32(21-25-36)39-28-26-35-23-22-33-12-9-13-34-27-29-44(39)49(35)48(33)34/h1-31H. The van der Waals surface area contributed by atoms with Crippen molar-refractivity contribution < 1.29 is 0 Å². The van der Waals surface area contributed by atoms with Crippen molar-refractivity contribution in [2.75, 3.05) is 0 Å². The summed E-state index contributed by atoms with van der Waals surface area (Å²) in [5.41, 5.74) is 6.20. The van der Waals surface area contributed by atoms with E-state index in [1.54, 1.807) is 0 Å². The molecule has 59 heavy (non-hydrogen) atoms. The molecular formula is C54H31N5. The van der Waals surface area contributed by atoms with Crippen LogP contribution in [0.3, 0.4) is 0 Å². The van der Waals surface area contributed by atoms with Crippen molar-refractivity contribution in [3.8, 4) is 39.7 Å². The van der Waals surface area contributed by atoms with Gasteiger partial charge in [0.2, 0.25) is 0 Å². The van der Waals surface area contributed by atoms with Crippen LogP contribution in [0.1, 0.15) is 0 Å². The normalized spacial score (nSPS) is 12.1. The van der Waals surface area contributed by atoms with E-state index in [0.717, 1.165) is 71.3 Å². The predicted molar refractivity (Wildman–Crippen MR) is 244 cm³/mol. The minimum Gasteiger partial charge on any atom is -0.273 e. The fraction of sp³-hybridized carbons (Fsp3) is 0. The van der Waals surface area contributed by atoms with E-state index < -0.39 is 0 Å². The number of rotatable bonds is 4. The van der Waals surface area contributed by atoms with Crippen molar-refractivity contribution in [2.24, 2.45) is 0 Å². The number of imidazole rings is 1. The number of fused-ring (bicyclic) bond motifs is 8. The molecule has 0 amide bonds. The van der Waals surface area contributed by atoms with Crippen LogP contribution in [0.5, 0.6) is 0 Å². The fourth-order valence-electron chi connectivity index (χ4n) is 9.65. The van der Waals surface area contributed by atoms with Crippen molar-refractivity contribution >= 4 is 86.4 Å². The Morgan fingerprint density at radius 2 is 0.949 bits per heavy atom. The van der Waals surface area contributed by atoms with E-state index in [1.807, 2.05) is 6.20 Å². The summed E-state index contributed by atoms with van der Waals surface area (Å²) in [5.74, 6) is 1.97. The van der Waals surface area contributed by atoms with Gasteiger partial charge in [0.05, 0.1) is 17.2 Å². The summed E-state index contributed by atoms with van der Waals surface area (Å²) in [6, 6.07) is 65.1. The van der Waals surface area contributed by atoms with Gasteiger partial charge >= 0.3 is 0 Å². The van der Waals surface area contributed by atoms with Crippen molar-refractivity contribution in [3.05, 3.63) is 188 Å². The van der Waals surface area contributed by atoms with Crippen LogP contribution in [-0.4, -0.2) is 24.7 Å². The van der Waals surface area contributed by atoms with Crippen LogP contribution in [0, 0.1) is 0 Å². The lowest BCUT2D eigenvalue weighted by Crippen LogP contribution is -2.05. The first kappa shape index (κ1) is 32.1. The van der Waals surface area contributed by atoms with Crippen molar-refractivity contribution in [1.29, 1.82) is 0 Å². The van der Waals surface area contributed by atoms with Crippen LogP contribution in [0.4, 0.5) is 0 Å². The average molecular weight is 750 g/mol. The van der Waals surface area contributed by atoms with Crippen LogP contribution < -0.4 is 0 Å². The van der Waals surface area contributed by atoms with Crippen LogP contribution in [-0.2, 0) is 0 Å². The maximum atomic E-state index is 5.48. The Labute approximate surface area is 337 Å². The first-order chi connectivity index (χ1) is 29.3. The van der Waals surface area contributed by atoms with Crippen LogP contribution in [0.25, 0.3) is 126 Å². The van der Waals surface area contributed by atoms with Crippen molar-refractivity contribution in [2.45, 2.75) is 0 Å². The quantitative estimate of drug-likeness (QED) is 0.133. The predicted octanol–water partition coefficient (Wildman–Crippen LogP) is 13.7. The number of benzene rings is 11. The van der Waals surface area contributed by atoms with E-state index in [9.17, 15) is 0 Å². The van der Waals surface area contributed by atoms with Gasteiger partial charge in [0.1, 0.15) is 5.82 Å². The van der Waals surface area contributed by atoms with E-state index >= 15 is 0 Å². The van der Waals surface area contributed by atoms with Crippen molar-refractivity contribution in [1.82, 2.24) is 24.7 Å². The molecule has 0 aliphatic carbocycles. The Morgan fingerprint density at radius 1 is 0.390 bits per heavy atom. The van der Waals surface area contributed by atoms with Gasteiger partial charge in [0, 0.05) is 21.9 Å². The molecule has 0 radical (unpaired) electrons. The van der Waals surface area contributed by atoms with Gasteiger partial charge in [-0.25, -0.2) is 9.97 Å². The molecule has 5 nitrogen and oxygen atoms in total. The largest absolute Gasteiger partial charge is 0.273 e. The van der Waals surface area contributed by atoms with Crippen LogP contribution in [0.2, 0.25) is 0 Å². The van der Waals surface area contributed by atoms with Gasteiger partial charge in [0.25, 0.3) is 0 Å². The zero-order valence-electron chi connectivity index (χ0n) is 31.6. The molecule has 0 bridgehead atoms. The van der Waals surface area contributed by atoms with Gasteiger partial charge in [-0.15, -0.1) is 10.2 Å². The van der Waals surface area contributed by atoms with Crippen LogP contribution >= 0.6 is 0 Å². The second-order valence-electron chi connectivity index (χ2n) is 15.4. The first-order valence-corrected chi connectivity index (χ1v) is 20.0. The second kappa shape index (κ2) is 12.2. The summed E-state index contributed by atoms with van der Waals surface area (Å²) in [4.78, 5) is 10.6. The molecule has 0 spiro atoms. The number of nitrogens with zero attached hydrogens (tertiary/aromatic N) is 5. The number of hydrogen-bond acceptors (Lipinski definition) is 4. The lowest BCUT2D eigenvalue weighted by molar-refractivity contribution is 0.904. The van der Waals surface area contributed by atoms with Crippen molar-refractivity contribution in [3.63, 3.8) is 0 Å². The highest BCUT2D eigenvalue weighted by Crippen LogP contribution is 2.42. The van der Waals surface area contributed by atoms with Gasteiger partial charge in [-0.1, -0.05) is 176 Å². The topological polar surface area (TPSA) is 56.5 Å². The van der Waals surface area contributed by atoms with Crippen LogP contribution in [0.15, 0.2) is 188 Å². The van der Waals surface area contributed by atoms with Gasteiger partial charge in [-0.05, 0) is 81.8 Å². The molecule has 2 aromatic heterocycles. The highest BCUT2D eigenvalue weighted by atomic mass is 15.3. The monoisotopic (exact) mass is 749 g/mol. The van der Waals surface area contributed by atoms with E-state index in [2.05, 4.69) is 187 Å². The number of aromatic nitrogens is 5. The molecule has 13 aromatic rings. The summed E-state index contributed by atoms with van der Waals surface area (Å²) in [5, 5.41) is 26.5. The molecular weight excluding hydrogens is 719 g/mol. The molecule has 11 aromatic carbocycles. The number of hydrogen-bond donors (Lipinski definition) is 0. The zero-order valence-corrected chi connectivity index (χ0v) is 31.6. The molecule has 13 rings (SSSR count). The first-order valence-electron chi connectivity index (χ1n) is 20.0. The second-order valence-corrected chi connectivity index (χ2v) is 15.4. The van der Waals surface area contributed by atoms with E-state index in [0.29, 0.717) is 11.6 Å². The Kier molecular flexibility index (Phi) is 6.66. The molecule has 272 valence electrons. The fourth-order valence-corrected chi connectivity index (χ4v) is 9.65. The lowest BCUT2D eigenvalue weighted by atomic mass is 9.90. The minimum atomic E-state index is 0.584. The SMILES string of the molecule is c1ccc2c(-c3ncc(-n4c(-c5ccc(-c6ccc7ccc8cccc9ccc6c7c89)cc5)nc5c6ccccc6c6ccccc6c54)nn3)c3ccccc3cc2c1. The van der Waals surface area contributed by atoms with E-state index in [-0.39, 0.29) is 0 Å². The highest BCUT2D eigenvalue weighted by molar-refractivity contribution is 6.26. The zero-order chi connectivity index (χ0) is 38.6. The van der Waals surface area contributed by atoms with E-state index in [1.165, 1.54) is 43.3 Å². The van der Waals surface area contributed by atoms with Gasteiger partial charge in [-0.3, -0.25) is 4.57 Å². The summed E-state index contributed by atoms with van der Waals surface area (Å²) >= 11 is 0. The summed E-state index contributed by atoms with van der Waals surface area (Å²) in [6.07, 6.45) is 1.85. The summed E-state index contributed by atoms with van der Waals surface area (Å²) < 4.78 is 2.15. The minimum absolute atomic E-state index is 0.584. The lowest BCUT2D eigenvalue weighted by Gasteiger charge is -2.15. The molecule has 0 aliphatic heterocycles. The molecule has 0 N–H and O–H groups in total. The third-order valence-electron chi connectivity index (χ3n) is 12.3. The third kappa shape index (κ3) is 4.67. The molecule has 0 fully saturated rings. The average Bonchev–Trinajstić information content (AvgIpc) is 3.71. The molecule has 0 atom stereocenters. The third-order valence-corrected chi connectivity index (χ3v) is 12.3. The Hall–Kier alpha value is -8.02. The Bertz CT molecular complexity index is 3760. The molecule has 5 heteroatoms. The maximum absolute atomic E-state index is 5.48. The smallest absolute Gasteiger partial charge is 0.183 e. The maximum Gasteiger partial charge on any atom is 0.183 e. The molecule has 2 heterocycles. The highest BCUT2D eigenvalue weighted by Gasteiger charge is 2.22. The van der Waals surface area contributed by atoms with Gasteiger partial charge < -0.3 is 0 Å². The summed E-state index contributed by atoms with van der Waals surface area (Å²) in [6.45, 7) is 0. The molecule has 0 saturated carbocycles. The van der Waals surface area contributed by atoms with E-state index in [4.69, 9.17) is 20.2 Å². The Morgan fingerprint density at radius 3 is 1.64 bits per heavy atom. The van der Waals surface area contributed by atoms with Gasteiger partial charge in [-0.2, -0.15) is 0 Å². The molecule has 0 unspecified atom stereocenters. The summed E-state index contributed by atoms with van der Waals surface area (Å²) in [7, 11) is 0. The Balaban J connectivity index is 1.02.